The third-order valence-corrected chi connectivity index (χ3v) is 7.38. The van der Waals surface area contributed by atoms with Crippen LogP contribution in [0.4, 0.5) is 0 Å². The predicted octanol–water partition coefficient (Wildman–Crippen LogP) is 5.05. The molecule has 0 N–H and O–H groups in total. The summed E-state index contributed by atoms with van der Waals surface area (Å²) in [4.78, 5) is 0. The summed E-state index contributed by atoms with van der Waals surface area (Å²) in [5, 5.41) is 0.998. The van der Waals surface area contributed by atoms with Gasteiger partial charge in [0.25, 0.3) is 0 Å². The fourth-order valence-corrected chi connectivity index (χ4v) is 5.62. The van der Waals surface area contributed by atoms with Gasteiger partial charge in [0.15, 0.2) is 0 Å². The summed E-state index contributed by atoms with van der Waals surface area (Å²) in [6.45, 7) is 0. The Bertz CT molecular complexity index is 872. The zero-order valence-corrected chi connectivity index (χ0v) is 19.4. The van der Waals surface area contributed by atoms with Gasteiger partial charge in [-0.2, -0.15) is 0 Å². The van der Waals surface area contributed by atoms with Crippen LogP contribution in [0.15, 0.2) is 71.2 Å². The molecular formula is C23H23BrO3Se. The molecule has 0 amide bonds. The van der Waals surface area contributed by atoms with Crippen molar-refractivity contribution in [1.82, 2.24) is 0 Å². The normalized spacial score (nSPS) is 11.7. The molecular weight excluding hydrogens is 483 g/mol. The van der Waals surface area contributed by atoms with Gasteiger partial charge in [-0.1, -0.05) is 0 Å². The first-order chi connectivity index (χ1) is 13.7. The van der Waals surface area contributed by atoms with Crippen LogP contribution in [0.2, 0.25) is 5.32 Å². The fraction of sp³-hybridized carbons (Fsp3) is 0.217. The summed E-state index contributed by atoms with van der Waals surface area (Å²) >= 11 is 3.85. The third kappa shape index (κ3) is 4.91. The van der Waals surface area contributed by atoms with E-state index < -0.39 is 0 Å². The molecule has 0 aliphatic heterocycles. The standard InChI is InChI=1S/C23H23BrO3Se/c1-25-18-13-21(26-2)23(22(14-18)27-3)20(16-9-11-17(24)12-10-16)15-28-19-7-5-4-6-8-19/h4-14,20H,15H2,1-3H3. The first-order valence-electron chi connectivity index (χ1n) is 8.89. The van der Waals surface area contributed by atoms with E-state index in [1.165, 1.54) is 10.0 Å². The number of ether oxygens (including phenoxy) is 3. The van der Waals surface area contributed by atoms with Crippen LogP contribution in [0.1, 0.15) is 17.0 Å². The molecule has 0 fully saturated rings. The van der Waals surface area contributed by atoms with E-state index in [0.717, 1.165) is 32.6 Å². The van der Waals surface area contributed by atoms with Gasteiger partial charge in [0, 0.05) is 0 Å². The molecule has 0 saturated carbocycles. The first kappa shape index (κ1) is 20.8. The summed E-state index contributed by atoms with van der Waals surface area (Å²) in [7, 11) is 5.04. The molecule has 146 valence electrons. The Morgan fingerprint density at radius 3 is 1.96 bits per heavy atom. The van der Waals surface area contributed by atoms with E-state index in [-0.39, 0.29) is 5.92 Å². The van der Waals surface area contributed by atoms with Crippen molar-refractivity contribution >= 4 is 35.3 Å². The molecule has 3 aromatic rings. The van der Waals surface area contributed by atoms with Crippen LogP contribution in [0.5, 0.6) is 17.2 Å². The fourth-order valence-electron chi connectivity index (χ4n) is 3.11. The van der Waals surface area contributed by atoms with Gasteiger partial charge in [-0.15, -0.1) is 0 Å². The molecule has 28 heavy (non-hydrogen) atoms. The van der Waals surface area contributed by atoms with Crippen molar-refractivity contribution in [2.24, 2.45) is 0 Å². The van der Waals surface area contributed by atoms with Crippen LogP contribution < -0.4 is 18.7 Å². The van der Waals surface area contributed by atoms with Crippen molar-refractivity contribution in [2.75, 3.05) is 21.3 Å². The van der Waals surface area contributed by atoms with Gasteiger partial charge >= 0.3 is 182 Å². The minimum atomic E-state index is 0.157. The van der Waals surface area contributed by atoms with Gasteiger partial charge in [-0.25, -0.2) is 0 Å². The van der Waals surface area contributed by atoms with Crippen LogP contribution in [0.3, 0.4) is 0 Å². The van der Waals surface area contributed by atoms with Crippen molar-refractivity contribution in [3.05, 3.63) is 82.3 Å². The summed E-state index contributed by atoms with van der Waals surface area (Å²) in [5.74, 6) is 2.45. The Morgan fingerprint density at radius 1 is 0.821 bits per heavy atom. The van der Waals surface area contributed by atoms with Gasteiger partial charge in [-0.3, -0.25) is 0 Å². The molecule has 3 nitrogen and oxygen atoms in total. The molecule has 0 aliphatic carbocycles. The van der Waals surface area contributed by atoms with Crippen LogP contribution in [0, 0.1) is 0 Å². The quantitative estimate of drug-likeness (QED) is 0.400. The SMILES string of the molecule is COc1cc(OC)c(C(C[Se]c2ccccc2)c2ccc(Br)cc2)c(OC)c1. The second kappa shape index (κ2) is 10.0. The summed E-state index contributed by atoms with van der Waals surface area (Å²) in [6, 6.07) is 23.0. The topological polar surface area (TPSA) is 27.7 Å². The number of methoxy groups -OCH3 is 3. The maximum atomic E-state index is 5.75. The molecule has 1 atom stereocenters. The molecule has 3 aromatic carbocycles. The Labute approximate surface area is 181 Å². The van der Waals surface area contributed by atoms with E-state index in [0.29, 0.717) is 15.0 Å². The number of benzene rings is 3. The number of hydrogen-bond acceptors (Lipinski definition) is 3. The van der Waals surface area contributed by atoms with Crippen molar-refractivity contribution in [1.29, 1.82) is 0 Å². The number of hydrogen-bond donors (Lipinski definition) is 0. The Morgan fingerprint density at radius 2 is 1.43 bits per heavy atom. The molecule has 0 saturated heterocycles. The number of rotatable bonds is 8. The van der Waals surface area contributed by atoms with E-state index in [2.05, 4.69) is 70.5 Å². The van der Waals surface area contributed by atoms with Gasteiger partial charge < -0.3 is 0 Å². The van der Waals surface area contributed by atoms with E-state index in [4.69, 9.17) is 14.2 Å². The van der Waals surface area contributed by atoms with E-state index >= 15 is 0 Å². The molecule has 0 heterocycles. The van der Waals surface area contributed by atoms with Gasteiger partial charge in [0.2, 0.25) is 0 Å². The summed E-state index contributed by atoms with van der Waals surface area (Å²) < 4.78 is 19.4. The second-order valence-electron chi connectivity index (χ2n) is 6.17. The van der Waals surface area contributed by atoms with Crippen molar-refractivity contribution < 1.29 is 14.2 Å². The van der Waals surface area contributed by atoms with E-state index in [1.807, 2.05) is 12.1 Å². The average molecular weight is 506 g/mol. The molecule has 0 aromatic heterocycles. The number of halogens is 1. The third-order valence-electron chi connectivity index (χ3n) is 4.53. The molecule has 0 radical (unpaired) electrons. The molecule has 0 spiro atoms. The van der Waals surface area contributed by atoms with Crippen molar-refractivity contribution in [3.8, 4) is 17.2 Å². The van der Waals surface area contributed by atoms with Crippen LogP contribution in [0.25, 0.3) is 0 Å². The molecule has 3 rings (SSSR count). The van der Waals surface area contributed by atoms with Crippen molar-refractivity contribution in [3.63, 3.8) is 0 Å². The Hall–Kier alpha value is -1.94. The van der Waals surface area contributed by atoms with E-state index in [1.54, 1.807) is 21.3 Å². The Kier molecular flexibility index (Phi) is 7.43. The Balaban J connectivity index is 2.06. The summed E-state index contributed by atoms with van der Waals surface area (Å²) in [6.07, 6.45) is 0. The van der Waals surface area contributed by atoms with Gasteiger partial charge in [0.05, 0.1) is 0 Å². The maximum absolute atomic E-state index is 5.75. The zero-order chi connectivity index (χ0) is 19.9. The van der Waals surface area contributed by atoms with Gasteiger partial charge in [-0.05, 0) is 0 Å². The van der Waals surface area contributed by atoms with Crippen LogP contribution >= 0.6 is 15.9 Å². The van der Waals surface area contributed by atoms with Gasteiger partial charge in [0.1, 0.15) is 0 Å². The average Bonchev–Trinajstić information content (AvgIpc) is 2.75. The second-order valence-corrected chi connectivity index (χ2v) is 9.38. The van der Waals surface area contributed by atoms with Crippen LogP contribution in [-0.4, -0.2) is 36.3 Å². The van der Waals surface area contributed by atoms with Crippen molar-refractivity contribution in [2.45, 2.75) is 11.2 Å². The van der Waals surface area contributed by atoms with E-state index in [9.17, 15) is 0 Å². The summed E-state index contributed by atoms with van der Waals surface area (Å²) in [5.41, 5.74) is 2.30. The zero-order valence-electron chi connectivity index (χ0n) is 16.1. The molecule has 0 aliphatic rings. The molecule has 5 heteroatoms. The van der Waals surface area contributed by atoms with Crippen LogP contribution in [-0.2, 0) is 0 Å². The molecule has 0 bridgehead atoms. The molecule has 1 unspecified atom stereocenters. The predicted molar refractivity (Wildman–Crippen MR) is 119 cm³/mol. The minimum absolute atomic E-state index is 0.157. The monoisotopic (exact) mass is 506 g/mol. The first-order valence-corrected chi connectivity index (χ1v) is 11.8.